The lowest BCUT2D eigenvalue weighted by molar-refractivity contribution is 0.175. The van der Waals surface area contributed by atoms with E-state index in [0.717, 1.165) is 31.4 Å². The third kappa shape index (κ3) is 8.88. The molecule has 0 spiro atoms. The molecule has 0 unspecified atom stereocenters. The first-order chi connectivity index (χ1) is 4.41. The number of hydrogen-bond donors (Lipinski definition) is 2. The van der Waals surface area contributed by atoms with Gasteiger partial charge in [-0.3, -0.25) is 0 Å². The van der Waals surface area contributed by atoms with E-state index in [4.69, 9.17) is 4.74 Å². The molecule has 0 aliphatic carbocycles. The van der Waals surface area contributed by atoms with E-state index in [1.807, 2.05) is 0 Å². The zero-order chi connectivity index (χ0) is 6.95. The Kier molecular flexibility index (Phi) is 9.74. The summed E-state index contributed by atoms with van der Waals surface area (Å²) in [5.74, 6) is 0.974. The van der Waals surface area contributed by atoms with Gasteiger partial charge in [0, 0.05) is 12.8 Å². The summed E-state index contributed by atoms with van der Waals surface area (Å²) in [6, 6.07) is 0. The Bertz CT molecular complexity index is 48.2. The van der Waals surface area contributed by atoms with E-state index in [-0.39, 0.29) is 8.67 Å². The van der Waals surface area contributed by atoms with E-state index in [0.29, 0.717) is 0 Å². The van der Waals surface area contributed by atoms with Crippen LogP contribution in [0.25, 0.3) is 0 Å². The average molecular weight is 182 g/mol. The summed E-state index contributed by atoms with van der Waals surface area (Å²) in [5.41, 5.74) is 0. The van der Waals surface area contributed by atoms with Gasteiger partial charge in [-0.1, -0.05) is 0 Å². The van der Waals surface area contributed by atoms with Gasteiger partial charge in [0.15, 0.2) is 0 Å². The minimum atomic E-state index is -0.167. The molecule has 0 saturated heterocycles. The Morgan fingerprint density at radius 3 is 2.67 bits per heavy atom. The largest absolute Gasteiger partial charge is 0.384 e. The Morgan fingerprint density at radius 2 is 2.11 bits per heavy atom. The van der Waals surface area contributed by atoms with Gasteiger partial charge >= 0.3 is 0 Å². The molecule has 0 amide bonds. The Hall–Kier alpha value is 0.877. The highest BCUT2D eigenvalue weighted by Gasteiger charge is 1.85. The lowest BCUT2D eigenvalue weighted by Gasteiger charge is -1.98. The van der Waals surface area contributed by atoms with Crippen molar-refractivity contribution in [3.8, 4) is 0 Å². The molecule has 0 saturated carbocycles. The van der Waals surface area contributed by atoms with E-state index >= 15 is 0 Å². The summed E-state index contributed by atoms with van der Waals surface area (Å²) in [4.78, 5) is 0. The fraction of sp³-hybridized carbons (Fsp3) is 1.00. The van der Waals surface area contributed by atoms with Crippen molar-refractivity contribution in [3.05, 3.63) is 0 Å². The molecular formula is C5H14OS2Si. The van der Waals surface area contributed by atoms with Crippen molar-refractivity contribution in [2.75, 3.05) is 18.6 Å². The van der Waals surface area contributed by atoms with Gasteiger partial charge in [-0.15, -0.1) is 0 Å². The molecule has 9 heavy (non-hydrogen) atoms. The summed E-state index contributed by atoms with van der Waals surface area (Å²) in [6.45, 7) is 0.897. The highest BCUT2D eigenvalue weighted by molar-refractivity contribution is 8.06. The molecule has 56 valence electrons. The summed E-state index contributed by atoms with van der Waals surface area (Å²) in [7, 11) is -0.167. The van der Waals surface area contributed by atoms with E-state index in [2.05, 4.69) is 24.7 Å². The molecule has 0 bridgehead atoms. The fourth-order valence-corrected chi connectivity index (χ4v) is 1.43. The Balaban J connectivity index is 2.60. The molecule has 0 atom stereocenters. The SMILES string of the molecule is SCCCCOC[SiH2]S. The smallest absolute Gasteiger partial charge is 0.110 e. The molecular weight excluding hydrogens is 168 g/mol. The highest BCUT2D eigenvalue weighted by Crippen LogP contribution is 1.91. The van der Waals surface area contributed by atoms with Crippen molar-refractivity contribution in [1.82, 2.24) is 0 Å². The zero-order valence-corrected chi connectivity index (χ0v) is 8.75. The van der Waals surface area contributed by atoms with Gasteiger partial charge < -0.3 is 4.74 Å². The van der Waals surface area contributed by atoms with Crippen molar-refractivity contribution >= 4 is 33.4 Å². The molecule has 0 rings (SSSR count). The average Bonchev–Trinajstić information content (AvgIpc) is 1.89. The van der Waals surface area contributed by atoms with Gasteiger partial charge in [0.25, 0.3) is 0 Å². The highest BCUT2D eigenvalue weighted by atomic mass is 32.3. The predicted octanol–water partition coefficient (Wildman–Crippen LogP) is 0.684. The first-order valence-corrected chi connectivity index (χ1v) is 7.37. The Labute approximate surface area is 69.8 Å². The number of hydrogen-bond acceptors (Lipinski definition) is 3. The molecule has 0 aliphatic heterocycles. The fourth-order valence-electron chi connectivity index (χ4n) is 0.483. The minimum absolute atomic E-state index is 0.167. The van der Waals surface area contributed by atoms with Crippen LogP contribution >= 0.6 is 24.7 Å². The first-order valence-electron chi connectivity index (χ1n) is 3.21. The van der Waals surface area contributed by atoms with E-state index in [9.17, 15) is 0 Å². The molecule has 0 aliphatic rings. The maximum absolute atomic E-state index is 5.24. The zero-order valence-electron chi connectivity index (χ0n) is 5.55. The second-order valence-electron chi connectivity index (χ2n) is 1.77. The molecule has 0 radical (unpaired) electrons. The van der Waals surface area contributed by atoms with Crippen LogP contribution in [0.5, 0.6) is 0 Å². The molecule has 0 aromatic rings. The quantitative estimate of drug-likeness (QED) is 0.349. The van der Waals surface area contributed by atoms with Gasteiger partial charge in [0.1, 0.15) is 8.67 Å². The van der Waals surface area contributed by atoms with Crippen LogP contribution < -0.4 is 0 Å². The Morgan fingerprint density at radius 1 is 1.33 bits per heavy atom. The van der Waals surface area contributed by atoms with Crippen LogP contribution in [0.3, 0.4) is 0 Å². The number of thiol groups is 2. The van der Waals surface area contributed by atoms with Gasteiger partial charge in [0.05, 0.1) is 0 Å². The molecule has 0 fully saturated rings. The normalized spacial score (nSPS) is 11.3. The molecule has 0 aromatic heterocycles. The second kappa shape index (κ2) is 8.88. The number of rotatable bonds is 6. The number of unbranched alkanes of at least 4 members (excludes halogenated alkanes) is 1. The molecule has 0 N–H and O–H groups in total. The van der Waals surface area contributed by atoms with Gasteiger partial charge in [-0.2, -0.15) is 12.6 Å². The predicted molar refractivity (Wildman–Crippen MR) is 51.4 cm³/mol. The maximum Gasteiger partial charge on any atom is 0.110 e. The van der Waals surface area contributed by atoms with Crippen LogP contribution in [0.4, 0.5) is 0 Å². The van der Waals surface area contributed by atoms with Crippen LogP contribution in [0.15, 0.2) is 0 Å². The van der Waals surface area contributed by atoms with Crippen LogP contribution in [0.1, 0.15) is 12.8 Å². The monoisotopic (exact) mass is 182 g/mol. The van der Waals surface area contributed by atoms with E-state index < -0.39 is 0 Å². The summed E-state index contributed by atoms with van der Waals surface area (Å²) in [5, 5.41) is 0. The van der Waals surface area contributed by atoms with Crippen molar-refractivity contribution in [3.63, 3.8) is 0 Å². The van der Waals surface area contributed by atoms with Gasteiger partial charge in [-0.25, -0.2) is 12.1 Å². The third-order valence-corrected chi connectivity index (χ3v) is 2.27. The van der Waals surface area contributed by atoms with Crippen LogP contribution in [-0.2, 0) is 4.74 Å². The molecule has 0 heterocycles. The van der Waals surface area contributed by atoms with Crippen LogP contribution in [0, 0.1) is 0 Å². The first kappa shape index (κ1) is 9.88. The van der Waals surface area contributed by atoms with Crippen LogP contribution in [0.2, 0.25) is 0 Å². The van der Waals surface area contributed by atoms with Crippen molar-refractivity contribution in [2.24, 2.45) is 0 Å². The molecule has 4 heteroatoms. The van der Waals surface area contributed by atoms with Gasteiger partial charge in [0.2, 0.25) is 0 Å². The standard InChI is InChI=1S/C5H14OS2Si/c7-4-2-1-3-6-5-9-8/h7-8H,1-5,9H2. The topological polar surface area (TPSA) is 9.23 Å². The maximum atomic E-state index is 5.24. The van der Waals surface area contributed by atoms with E-state index in [1.54, 1.807) is 0 Å². The second-order valence-corrected chi connectivity index (χ2v) is 4.41. The van der Waals surface area contributed by atoms with Crippen LogP contribution in [-0.4, -0.2) is 27.3 Å². The summed E-state index contributed by atoms with van der Waals surface area (Å²) in [6.07, 6.45) is 3.22. The van der Waals surface area contributed by atoms with Gasteiger partial charge in [-0.05, 0) is 18.6 Å². The van der Waals surface area contributed by atoms with E-state index in [1.165, 1.54) is 0 Å². The summed E-state index contributed by atoms with van der Waals surface area (Å²) < 4.78 is 5.24. The molecule has 0 aromatic carbocycles. The molecule has 1 nitrogen and oxygen atoms in total. The summed E-state index contributed by atoms with van der Waals surface area (Å²) >= 11 is 8.23. The number of ether oxygens (including phenoxy) is 1. The third-order valence-electron chi connectivity index (χ3n) is 0.932. The van der Waals surface area contributed by atoms with Crippen molar-refractivity contribution < 1.29 is 4.74 Å². The minimum Gasteiger partial charge on any atom is -0.384 e. The lowest BCUT2D eigenvalue weighted by atomic mass is 10.4. The lowest BCUT2D eigenvalue weighted by Crippen LogP contribution is -1.99. The van der Waals surface area contributed by atoms with Crippen molar-refractivity contribution in [2.45, 2.75) is 12.8 Å². The van der Waals surface area contributed by atoms with Crippen molar-refractivity contribution in [1.29, 1.82) is 0 Å².